The highest BCUT2D eigenvalue weighted by Gasteiger charge is 2.41. The molecule has 3 atom stereocenters. The summed E-state index contributed by atoms with van der Waals surface area (Å²) >= 11 is 0. The zero-order valence-electron chi connectivity index (χ0n) is 13.6. The molecule has 0 spiro atoms. The summed E-state index contributed by atoms with van der Waals surface area (Å²) in [5.74, 6) is 0. The van der Waals surface area contributed by atoms with Crippen molar-refractivity contribution in [3.8, 4) is 11.3 Å². The summed E-state index contributed by atoms with van der Waals surface area (Å²) < 4.78 is 1.87. The van der Waals surface area contributed by atoms with Crippen molar-refractivity contribution < 1.29 is 5.11 Å². The van der Waals surface area contributed by atoms with Crippen LogP contribution in [-0.4, -0.2) is 37.2 Å². The Morgan fingerprint density at radius 1 is 1.29 bits per heavy atom. The summed E-state index contributed by atoms with van der Waals surface area (Å²) in [4.78, 5) is 0. The lowest BCUT2D eigenvalue weighted by atomic mass is 9.83. The van der Waals surface area contributed by atoms with Crippen LogP contribution in [0.25, 0.3) is 11.3 Å². The van der Waals surface area contributed by atoms with Gasteiger partial charge in [0.25, 0.3) is 0 Å². The fourth-order valence-corrected chi connectivity index (χ4v) is 3.31. The molecule has 0 bridgehead atoms. The summed E-state index contributed by atoms with van der Waals surface area (Å²) in [7, 11) is 0. The molecule has 0 amide bonds. The molecule has 0 saturated heterocycles. The van der Waals surface area contributed by atoms with E-state index >= 15 is 0 Å². The number of nitrogens with one attached hydrogen (secondary N) is 2. The van der Waals surface area contributed by atoms with Crippen LogP contribution in [0.1, 0.15) is 23.6 Å². The number of aliphatic hydroxyl groups excluding tert-OH is 1. The molecule has 1 saturated carbocycles. The standard InChI is InChI=1S/C18H21N5O/c1-12-8-21-23(11-12)18-15(7-16(18)24)19-9-14-10-20-22-17(14)13-5-3-2-4-6-13/h2-6,8,10-11,15-16,18-19,24H,7,9H2,1H3,(H,20,22)/t15-,16+,18+/m0/s1. The Balaban J connectivity index is 1.45. The minimum atomic E-state index is -0.347. The first-order valence-electron chi connectivity index (χ1n) is 8.22. The van der Waals surface area contributed by atoms with Crippen molar-refractivity contribution >= 4 is 0 Å². The molecule has 3 aromatic rings. The molecule has 1 aromatic carbocycles. The van der Waals surface area contributed by atoms with Gasteiger partial charge in [-0.05, 0) is 24.5 Å². The van der Waals surface area contributed by atoms with Gasteiger partial charge in [0.15, 0.2) is 0 Å². The molecule has 2 heterocycles. The second-order valence-corrected chi connectivity index (χ2v) is 6.41. The van der Waals surface area contributed by atoms with Crippen LogP contribution in [0.3, 0.4) is 0 Å². The minimum absolute atomic E-state index is 0.00854. The van der Waals surface area contributed by atoms with Crippen molar-refractivity contribution in [2.45, 2.75) is 38.1 Å². The number of H-pyrrole nitrogens is 1. The van der Waals surface area contributed by atoms with Gasteiger partial charge in [0.2, 0.25) is 0 Å². The fourth-order valence-electron chi connectivity index (χ4n) is 3.31. The lowest BCUT2D eigenvalue weighted by Gasteiger charge is -2.42. The van der Waals surface area contributed by atoms with E-state index in [1.807, 2.05) is 48.4 Å². The van der Waals surface area contributed by atoms with Gasteiger partial charge in [-0.3, -0.25) is 9.78 Å². The van der Waals surface area contributed by atoms with E-state index in [9.17, 15) is 5.11 Å². The molecule has 0 radical (unpaired) electrons. The second kappa shape index (κ2) is 6.22. The van der Waals surface area contributed by atoms with Gasteiger partial charge in [0.05, 0.1) is 30.2 Å². The Morgan fingerprint density at radius 3 is 2.83 bits per heavy atom. The topological polar surface area (TPSA) is 78.8 Å². The first-order valence-corrected chi connectivity index (χ1v) is 8.22. The van der Waals surface area contributed by atoms with Gasteiger partial charge in [0.1, 0.15) is 0 Å². The Hall–Kier alpha value is -2.44. The van der Waals surface area contributed by atoms with Crippen LogP contribution in [0, 0.1) is 6.92 Å². The van der Waals surface area contributed by atoms with E-state index in [1.165, 1.54) is 0 Å². The summed E-state index contributed by atoms with van der Waals surface area (Å²) in [6.45, 7) is 2.71. The molecular formula is C18H21N5O. The SMILES string of the molecule is Cc1cnn([C@H]2[C@H](O)C[C@@H]2NCc2cn[nH]c2-c2ccccc2)c1. The third-order valence-corrected chi connectivity index (χ3v) is 4.67. The Kier molecular flexibility index (Phi) is 3.92. The maximum Gasteiger partial charge on any atom is 0.0932 e. The van der Waals surface area contributed by atoms with E-state index < -0.39 is 0 Å². The van der Waals surface area contributed by atoms with Crippen LogP contribution in [0.5, 0.6) is 0 Å². The molecule has 0 aliphatic heterocycles. The van der Waals surface area contributed by atoms with Crippen LogP contribution in [0.4, 0.5) is 0 Å². The fraction of sp³-hybridized carbons (Fsp3) is 0.333. The number of aromatic amines is 1. The van der Waals surface area contributed by atoms with Crippen molar-refractivity contribution in [1.29, 1.82) is 0 Å². The monoisotopic (exact) mass is 323 g/mol. The number of hydrogen-bond acceptors (Lipinski definition) is 4. The van der Waals surface area contributed by atoms with E-state index in [2.05, 4.69) is 32.7 Å². The maximum absolute atomic E-state index is 10.1. The highest BCUT2D eigenvalue weighted by Crippen LogP contribution is 2.33. The molecule has 124 valence electrons. The number of nitrogens with zero attached hydrogens (tertiary/aromatic N) is 3. The molecule has 24 heavy (non-hydrogen) atoms. The summed E-state index contributed by atoms with van der Waals surface area (Å²) in [5.41, 5.74) is 4.39. The largest absolute Gasteiger partial charge is 0.391 e. The quantitative estimate of drug-likeness (QED) is 0.671. The van der Waals surface area contributed by atoms with E-state index in [1.54, 1.807) is 0 Å². The minimum Gasteiger partial charge on any atom is -0.391 e. The van der Waals surface area contributed by atoms with Gasteiger partial charge in [-0.15, -0.1) is 0 Å². The van der Waals surface area contributed by atoms with E-state index in [4.69, 9.17) is 0 Å². The summed E-state index contributed by atoms with van der Waals surface area (Å²) in [6.07, 6.45) is 6.06. The maximum atomic E-state index is 10.1. The van der Waals surface area contributed by atoms with E-state index in [0.717, 1.165) is 28.8 Å². The molecule has 1 aliphatic carbocycles. The van der Waals surface area contributed by atoms with E-state index in [0.29, 0.717) is 6.54 Å². The Labute approximate surface area is 140 Å². The molecular weight excluding hydrogens is 302 g/mol. The lowest BCUT2D eigenvalue weighted by Crippen LogP contribution is -2.54. The molecule has 6 nitrogen and oxygen atoms in total. The van der Waals surface area contributed by atoms with E-state index in [-0.39, 0.29) is 18.2 Å². The zero-order chi connectivity index (χ0) is 16.5. The van der Waals surface area contributed by atoms with Crippen LogP contribution in [-0.2, 0) is 6.54 Å². The van der Waals surface area contributed by atoms with Gasteiger partial charge in [-0.2, -0.15) is 10.2 Å². The molecule has 1 fully saturated rings. The number of hydrogen-bond donors (Lipinski definition) is 3. The third-order valence-electron chi connectivity index (χ3n) is 4.67. The average Bonchev–Trinajstić information content (AvgIpc) is 3.21. The third kappa shape index (κ3) is 2.74. The van der Waals surface area contributed by atoms with Crippen LogP contribution in [0.2, 0.25) is 0 Å². The molecule has 4 rings (SSSR count). The normalized spacial score (nSPS) is 23.2. The Bertz CT molecular complexity index is 810. The summed E-state index contributed by atoms with van der Waals surface area (Å²) in [6, 6.07) is 10.4. The van der Waals surface area contributed by atoms with Crippen LogP contribution >= 0.6 is 0 Å². The van der Waals surface area contributed by atoms with Gasteiger partial charge >= 0.3 is 0 Å². The molecule has 6 heteroatoms. The molecule has 1 aliphatic rings. The number of benzene rings is 1. The van der Waals surface area contributed by atoms with Gasteiger partial charge < -0.3 is 10.4 Å². The van der Waals surface area contributed by atoms with Crippen LogP contribution in [0.15, 0.2) is 48.9 Å². The van der Waals surface area contributed by atoms with Gasteiger partial charge in [-0.1, -0.05) is 30.3 Å². The highest BCUT2D eigenvalue weighted by atomic mass is 16.3. The predicted molar refractivity (Wildman–Crippen MR) is 91.3 cm³/mol. The molecule has 2 aromatic heterocycles. The molecule has 0 unspecified atom stereocenters. The van der Waals surface area contributed by atoms with Crippen LogP contribution < -0.4 is 5.32 Å². The van der Waals surface area contributed by atoms with Crippen molar-refractivity contribution in [3.63, 3.8) is 0 Å². The van der Waals surface area contributed by atoms with Gasteiger partial charge in [0, 0.05) is 24.3 Å². The predicted octanol–water partition coefficient (Wildman–Crippen LogP) is 2.05. The zero-order valence-corrected chi connectivity index (χ0v) is 13.6. The van der Waals surface area contributed by atoms with Crippen molar-refractivity contribution in [1.82, 2.24) is 25.3 Å². The first-order chi connectivity index (χ1) is 11.7. The number of rotatable bonds is 5. The van der Waals surface area contributed by atoms with Crippen molar-refractivity contribution in [2.24, 2.45) is 0 Å². The van der Waals surface area contributed by atoms with Crippen molar-refractivity contribution in [2.75, 3.05) is 0 Å². The number of aryl methyl sites for hydroxylation is 1. The summed E-state index contributed by atoms with van der Waals surface area (Å²) in [5, 5.41) is 25.3. The number of aliphatic hydroxyl groups is 1. The smallest absolute Gasteiger partial charge is 0.0932 e. The number of aromatic nitrogens is 4. The van der Waals surface area contributed by atoms with Gasteiger partial charge in [-0.25, -0.2) is 0 Å². The molecule has 3 N–H and O–H groups in total. The second-order valence-electron chi connectivity index (χ2n) is 6.41. The van der Waals surface area contributed by atoms with Crippen molar-refractivity contribution in [3.05, 3.63) is 60.0 Å². The average molecular weight is 323 g/mol. The Morgan fingerprint density at radius 2 is 2.12 bits per heavy atom. The first kappa shape index (κ1) is 15.1. The lowest BCUT2D eigenvalue weighted by molar-refractivity contribution is -0.00822. The highest BCUT2D eigenvalue weighted by molar-refractivity contribution is 5.62.